The van der Waals surface area contributed by atoms with Crippen molar-refractivity contribution in [2.45, 2.75) is 43.9 Å². The van der Waals surface area contributed by atoms with E-state index in [1.165, 1.54) is 6.26 Å². The number of benzene rings is 1. The molecule has 154 valence electrons. The minimum absolute atomic E-state index is 0.154. The average molecular weight is 397 g/mol. The van der Waals surface area contributed by atoms with E-state index in [9.17, 15) is 9.59 Å². The Kier molecular flexibility index (Phi) is 5.32. The highest BCUT2D eigenvalue weighted by Crippen LogP contribution is 2.44. The standard InChI is InChI=1S/C22H27N3O4/c1-15(23-21(27)19-8-5-13-28-19)20(26)24-17-14-22(9-11-25(2)12-10-22)29-18-7-4-3-6-16(17)18/h3-8,13,15,17H,9-12,14H2,1-2H3,(H,23,27)(H,24,26). The molecule has 3 heterocycles. The lowest BCUT2D eigenvalue weighted by atomic mass is 9.80. The number of fused-ring (bicyclic) bond motifs is 1. The molecule has 7 heteroatoms. The van der Waals surface area contributed by atoms with Gasteiger partial charge in [0.15, 0.2) is 5.76 Å². The molecule has 0 saturated carbocycles. The molecule has 2 N–H and O–H groups in total. The Labute approximate surface area is 170 Å². The van der Waals surface area contributed by atoms with Crippen molar-refractivity contribution in [1.82, 2.24) is 15.5 Å². The van der Waals surface area contributed by atoms with E-state index >= 15 is 0 Å². The summed E-state index contributed by atoms with van der Waals surface area (Å²) in [6.07, 6.45) is 4.01. The summed E-state index contributed by atoms with van der Waals surface area (Å²) in [4.78, 5) is 27.3. The summed E-state index contributed by atoms with van der Waals surface area (Å²) in [5, 5.41) is 5.82. The Balaban J connectivity index is 1.47. The average Bonchev–Trinajstić information content (AvgIpc) is 3.25. The number of para-hydroxylation sites is 1. The third-order valence-corrected chi connectivity index (χ3v) is 5.90. The summed E-state index contributed by atoms with van der Waals surface area (Å²) in [6.45, 7) is 3.61. The van der Waals surface area contributed by atoms with Crippen LogP contribution < -0.4 is 15.4 Å². The lowest BCUT2D eigenvalue weighted by Crippen LogP contribution is -2.53. The third kappa shape index (κ3) is 4.15. The van der Waals surface area contributed by atoms with Crippen LogP contribution in [0.4, 0.5) is 0 Å². The minimum Gasteiger partial charge on any atom is -0.487 e. The third-order valence-electron chi connectivity index (χ3n) is 5.90. The van der Waals surface area contributed by atoms with Gasteiger partial charge in [-0.05, 0) is 45.0 Å². The molecular formula is C22H27N3O4. The van der Waals surface area contributed by atoms with Gasteiger partial charge in [0.05, 0.1) is 12.3 Å². The molecule has 1 saturated heterocycles. The maximum absolute atomic E-state index is 12.8. The van der Waals surface area contributed by atoms with Crippen molar-refractivity contribution in [2.75, 3.05) is 20.1 Å². The van der Waals surface area contributed by atoms with Crippen LogP contribution in [0.15, 0.2) is 47.1 Å². The Morgan fingerprint density at radius 2 is 1.93 bits per heavy atom. The first-order valence-corrected chi connectivity index (χ1v) is 10.1. The monoisotopic (exact) mass is 397 g/mol. The van der Waals surface area contributed by atoms with Gasteiger partial charge in [-0.3, -0.25) is 9.59 Å². The fraction of sp³-hybridized carbons (Fsp3) is 0.455. The molecule has 29 heavy (non-hydrogen) atoms. The van der Waals surface area contributed by atoms with Crippen molar-refractivity contribution >= 4 is 11.8 Å². The maximum Gasteiger partial charge on any atom is 0.287 e. The molecule has 0 bridgehead atoms. The summed E-state index contributed by atoms with van der Waals surface area (Å²) in [7, 11) is 2.12. The molecule has 7 nitrogen and oxygen atoms in total. The fourth-order valence-electron chi connectivity index (χ4n) is 4.12. The number of amides is 2. The van der Waals surface area contributed by atoms with E-state index in [1.54, 1.807) is 19.1 Å². The van der Waals surface area contributed by atoms with Gasteiger partial charge in [-0.1, -0.05) is 18.2 Å². The molecule has 2 aliphatic rings. The number of likely N-dealkylation sites (tertiary alicyclic amines) is 1. The SMILES string of the molecule is CC(NC(=O)c1ccco1)C(=O)NC1CC2(CCN(C)CC2)Oc2ccccc21. The predicted molar refractivity (Wildman–Crippen MR) is 108 cm³/mol. The van der Waals surface area contributed by atoms with Crippen LogP contribution >= 0.6 is 0 Å². The van der Waals surface area contributed by atoms with Crippen LogP contribution in [0.5, 0.6) is 5.75 Å². The lowest BCUT2D eigenvalue weighted by molar-refractivity contribution is -0.124. The number of nitrogens with zero attached hydrogens (tertiary/aromatic N) is 1. The van der Waals surface area contributed by atoms with E-state index in [2.05, 4.69) is 22.6 Å². The number of rotatable bonds is 4. The second-order valence-electron chi connectivity index (χ2n) is 8.06. The lowest BCUT2D eigenvalue weighted by Gasteiger charge is -2.46. The highest BCUT2D eigenvalue weighted by Gasteiger charge is 2.43. The molecule has 2 atom stereocenters. The molecular weight excluding hydrogens is 370 g/mol. The number of hydrogen-bond acceptors (Lipinski definition) is 5. The van der Waals surface area contributed by atoms with E-state index in [0.717, 1.165) is 43.7 Å². The number of furan rings is 1. The van der Waals surface area contributed by atoms with Gasteiger partial charge in [-0.2, -0.15) is 0 Å². The zero-order valence-corrected chi connectivity index (χ0v) is 16.8. The molecule has 2 aromatic rings. The van der Waals surface area contributed by atoms with Crippen molar-refractivity contribution in [2.24, 2.45) is 0 Å². The molecule has 1 aromatic heterocycles. The molecule has 2 amide bonds. The van der Waals surface area contributed by atoms with Gasteiger partial charge in [0.2, 0.25) is 5.91 Å². The second-order valence-corrected chi connectivity index (χ2v) is 8.06. The number of nitrogens with one attached hydrogen (secondary N) is 2. The molecule has 1 spiro atoms. The molecule has 2 aliphatic heterocycles. The fourth-order valence-corrected chi connectivity index (χ4v) is 4.12. The van der Waals surface area contributed by atoms with Crippen molar-refractivity contribution in [3.05, 3.63) is 54.0 Å². The summed E-state index contributed by atoms with van der Waals surface area (Å²) >= 11 is 0. The number of piperidine rings is 1. The van der Waals surface area contributed by atoms with Crippen LogP contribution in [-0.2, 0) is 4.79 Å². The van der Waals surface area contributed by atoms with E-state index in [1.807, 2.05) is 24.3 Å². The van der Waals surface area contributed by atoms with Crippen molar-refractivity contribution in [3.63, 3.8) is 0 Å². The van der Waals surface area contributed by atoms with Gasteiger partial charge in [-0.15, -0.1) is 0 Å². The predicted octanol–water partition coefficient (Wildman–Crippen LogP) is 2.50. The van der Waals surface area contributed by atoms with E-state index in [0.29, 0.717) is 0 Å². The normalized spacial score (nSPS) is 21.7. The summed E-state index contributed by atoms with van der Waals surface area (Å²) in [6, 6.07) is 10.2. The Morgan fingerprint density at radius 3 is 2.66 bits per heavy atom. The highest BCUT2D eigenvalue weighted by atomic mass is 16.5. The van der Waals surface area contributed by atoms with Gasteiger partial charge < -0.3 is 24.7 Å². The minimum atomic E-state index is -0.684. The number of carbonyl (C=O) groups is 2. The molecule has 2 unspecified atom stereocenters. The Bertz CT molecular complexity index is 872. The van der Waals surface area contributed by atoms with Crippen LogP contribution in [0.3, 0.4) is 0 Å². The molecule has 4 rings (SSSR count). The quantitative estimate of drug-likeness (QED) is 0.828. The zero-order valence-electron chi connectivity index (χ0n) is 16.8. The van der Waals surface area contributed by atoms with Gasteiger partial charge in [0, 0.05) is 25.1 Å². The van der Waals surface area contributed by atoms with Gasteiger partial charge >= 0.3 is 0 Å². The Hall–Kier alpha value is -2.80. The number of hydrogen-bond donors (Lipinski definition) is 2. The van der Waals surface area contributed by atoms with Crippen molar-refractivity contribution < 1.29 is 18.7 Å². The maximum atomic E-state index is 12.8. The summed E-state index contributed by atoms with van der Waals surface area (Å²) < 4.78 is 11.5. The van der Waals surface area contributed by atoms with Crippen LogP contribution in [0.2, 0.25) is 0 Å². The second kappa shape index (κ2) is 7.91. The first kappa shape index (κ1) is 19.5. The largest absolute Gasteiger partial charge is 0.487 e. The van der Waals surface area contributed by atoms with Crippen LogP contribution in [-0.4, -0.2) is 48.5 Å². The van der Waals surface area contributed by atoms with Crippen molar-refractivity contribution in [1.29, 1.82) is 0 Å². The Morgan fingerprint density at radius 1 is 1.17 bits per heavy atom. The van der Waals surface area contributed by atoms with Gasteiger partial charge in [0.1, 0.15) is 17.4 Å². The van der Waals surface area contributed by atoms with Crippen LogP contribution in [0.1, 0.15) is 48.3 Å². The molecule has 1 aromatic carbocycles. The van der Waals surface area contributed by atoms with Gasteiger partial charge in [-0.25, -0.2) is 0 Å². The summed E-state index contributed by atoms with van der Waals surface area (Å²) in [5.41, 5.74) is 0.717. The zero-order chi connectivity index (χ0) is 20.4. The van der Waals surface area contributed by atoms with Crippen molar-refractivity contribution in [3.8, 4) is 5.75 Å². The highest BCUT2D eigenvalue weighted by molar-refractivity contribution is 5.95. The van der Waals surface area contributed by atoms with Crippen LogP contribution in [0.25, 0.3) is 0 Å². The first-order chi connectivity index (χ1) is 14.0. The smallest absolute Gasteiger partial charge is 0.287 e. The first-order valence-electron chi connectivity index (χ1n) is 10.1. The van der Waals surface area contributed by atoms with Crippen LogP contribution in [0, 0.1) is 0 Å². The topological polar surface area (TPSA) is 83.8 Å². The molecule has 0 radical (unpaired) electrons. The number of ether oxygens (including phenoxy) is 1. The van der Waals surface area contributed by atoms with E-state index < -0.39 is 11.9 Å². The molecule has 0 aliphatic carbocycles. The van der Waals surface area contributed by atoms with Gasteiger partial charge in [0.25, 0.3) is 5.91 Å². The summed E-state index contributed by atoms with van der Waals surface area (Å²) in [5.74, 6) is 0.388. The van der Waals surface area contributed by atoms with E-state index in [-0.39, 0.29) is 23.3 Å². The molecule has 1 fully saturated rings. The van der Waals surface area contributed by atoms with E-state index in [4.69, 9.17) is 9.15 Å². The number of carbonyl (C=O) groups excluding carboxylic acids is 2.